The molecule has 0 amide bonds. The smallest absolute Gasteiger partial charge is 0.193 e. The number of rotatable bonds is 4. The van der Waals surface area contributed by atoms with Crippen molar-refractivity contribution in [3.8, 4) is 5.75 Å². The molecule has 0 saturated carbocycles. The van der Waals surface area contributed by atoms with Crippen LogP contribution in [-0.4, -0.2) is 12.9 Å². The van der Waals surface area contributed by atoms with E-state index in [1.165, 1.54) is 0 Å². The number of carbonyl (C=O) groups is 1. The fraction of sp³-hybridized carbons (Fsp3) is 0.133. The van der Waals surface area contributed by atoms with Crippen LogP contribution in [0, 0.1) is 0 Å². The summed E-state index contributed by atoms with van der Waals surface area (Å²) in [5.41, 5.74) is 7.78. The van der Waals surface area contributed by atoms with Crippen molar-refractivity contribution in [2.75, 3.05) is 7.11 Å². The van der Waals surface area contributed by atoms with E-state index in [2.05, 4.69) is 15.9 Å². The number of nitrogens with two attached hydrogens (primary N) is 1. The zero-order valence-corrected chi connectivity index (χ0v) is 12.1. The van der Waals surface area contributed by atoms with Crippen LogP contribution >= 0.6 is 15.9 Å². The van der Waals surface area contributed by atoms with Gasteiger partial charge in [0.15, 0.2) is 5.78 Å². The van der Waals surface area contributed by atoms with E-state index in [1.807, 2.05) is 18.2 Å². The minimum atomic E-state index is -0.0290. The van der Waals surface area contributed by atoms with Crippen LogP contribution in [0.3, 0.4) is 0 Å². The first-order valence-electron chi connectivity index (χ1n) is 5.83. The number of hydrogen-bond acceptors (Lipinski definition) is 3. The summed E-state index contributed by atoms with van der Waals surface area (Å²) in [7, 11) is 1.59. The number of methoxy groups -OCH3 is 1. The SMILES string of the molecule is COc1ccc(C(=O)c2cccc(CN)c2)cc1Br. The number of ether oxygens (including phenoxy) is 1. The van der Waals surface area contributed by atoms with Crippen molar-refractivity contribution < 1.29 is 9.53 Å². The zero-order chi connectivity index (χ0) is 13.8. The van der Waals surface area contributed by atoms with E-state index in [1.54, 1.807) is 31.4 Å². The Morgan fingerprint density at radius 2 is 1.95 bits per heavy atom. The normalized spacial score (nSPS) is 10.3. The fourth-order valence-electron chi connectivity index (χ4n) is 1.81. The van der Waals surface area contributed by atoms with Crippen LogP contribution in [0.2, 0.25) is 0 Å². The zero-order valence-electron chi connectivity index (χ0n) is 10.5. The van der Waals surface area contributed by atoms with E-state index in [0.717, 1.165) is 10.0 Å². The van der Waals surface area contributed by atoms with Crippen LogP contribution < -0.4 is 10.5 Å². The van der Waals surface area contributed by atoms with Gasteiger partial charge in [0.25, 0.3) is 0 Å². The van der Waals surface area contributed by atoms with Gasteiger partial charge in [-0.25, -0.2) is 0 Å². The minimum Gasteiger partial charge on any atom is -0.496 e. The summed E-state index contributed by atoms with van der Waals surface area (Å²) in [5.74, 6) is 0.672. The molecule has 0 aliphatic carbocycles. The molecule has 0 aliphatic rings. The average molecular weight is 320 g/mol. The Morgan fingerprint density at radius 1 is 1.21 bits per heavy atom. The number of ketones is 1. The van der Waals surface area contributed by atoms with E-state index in [-0.39, 0.29) is 5.78 Å². The van der Waals surface area contributed by atoms with Gasteiger partial charge in [-0.15, -0.1) is 0 Å². The number of hydrogen-bond donors (Lipinski definition) is 1. The van der Waals surface area contributed by atoms with Gasteiger partial charge in [-0.2, -0.15) is 0 Å². The molecule has 0 heterocycles. The van der Waals surface area contributed by atoms with Gasteiger partial charge in [0, 0.05) is 17.7 Å². The molecule has 0 aliphatic heterocycles. The van der Waals surface area contributed by atoms with Crippen LogP contribution in [0.4, 0.5) is 0 Å². The summed E-state index contributed by atoms with van der Waals surface area (Å²) in [5, 5.41) is 0. The molecular formula is C15H14BrNO2. The van der Waals surface area contributed by atoms with Crippen molar-refractivity contribution in [2.24, 2.45) is 5.73 Å². The van der Waals surface area contributed by atoms with Crippen LogP contribution in [-0.2, 0) is 6.54 Å². The first kappa shape index (κ1) is 13.8. The predicted molar refractivity (Wildman–Crippen MR) is 78.5 cm³/mol. The molecule has 2 rings (SSSR count). The lowest BCUT2D eigenvalue weighted by atomic mass is 10.0. The Morgan fingerprint density at radius 3 is 2.58 bits per heavy atom. The van der Waals surface area contributed by atoms with Gasteiger partial charge in [0.1, 0.15) is 5.75 Å². The Balaban J connectivity index is 2.35. The summed E-state index contributed by atoms with van der Waals surface area (Å²) in [4.78, 5) is 12.4. The summed E-state index contributed by atoms with van der Waals surface area (Å²) in [6.07, 6.45) is 0. The van der Waals surface area contributed by atoms with Gasteiger partial charge in [0.05, 0.1) is 11.6 Å². The molecular weight excluding hydrogens is 306 g/mol. The third kappa shape index (κ3) is 3.03. The molecule has 0 spiro atoms. The van der Waals surface area contributed by atoms with Gasteiger partial charge in [-0.05, 0) is 45.8 Å². The molecule has 4 heteroatoms. The number of carbonyl (C=O) groups excluding carboxylic acids is 1. The number of halogens is 1. The average Bonchev–Trinajstić information content (AvgIpc) is 2.46. The molecule has 19 heavy (non-hydrogen) atoms. The highest BCUT2D eigenvalue weighted by Gasteiger charge is 2.11. The van der Waals surface area contributed by atoms with Crippen LogP contribution in [0.15, 0.2) is 46.9 Å². The summed E-state index contributed by atoms with van der Waals surface area (Å²) in [6, 6.07) is 12.6. The van der Waals surface area contributed by atoms with Gasteiger partial charge in [-0.1, -0.05) is 18.2 Å². The molecule has 0 saturated heterocycles. The molecule has 98 valence electrons. The highest BCUT2D eigenvalue weighted by molar-refractivity contribution is 9.10. The van der Waals surface area contributed by atoms with Gasteiger partial charge >= 0.3 is 0 Å². The van der Waals surface area contributed by atoms with Crippen molar-refractivity contribution in [1.82, 2.24) is 0 Å². The second kappa shape index (κ2) is 5.99. The molecule has 2 aromatic rings. The third-order valence-electron chi connectivity index (χ3n) is 2.84. The monoisotopic (exact) mass is 319 g/mol. The van der Waals surface area contributed by atoms with Crippen molar-refractivity contribution in [2.45, 2.75) is 6.54 Å². The highest BCUT2D eigenvalue weighted by atomic mass is 79.9. The van der Waals surface area contributed by atoms with Gasteiger partial charge in [0.2, 0.25) is 0 Å². The van der Waals surface area contributed by atoms with Crippen LogP contribution in [0.1, 0.15) is 21.5 Å². The fourth-order valence-corrected chi connectivity index (χ4v) is 2.35. The van der Waals surface area contributed by atoms with E-state index >= 15 is 0 Å². The summed E-state index contributed by atoms with van der Waals surface area (Å²) in [6.45, 7) is 0.424. The van der Waals surface area contributed by atoms with Crippen molar-refractivity contribution in [3.05, 3.63) is 63.6 Å². The topological polar surface area (TPSA) is 52.3 Å². The van der Waals surface area contributed by atoms with Crippen molar-refractivity contribution in [3.63, 3.8) is 0 Å². The van der Waals surface area contributed by atoms with Gasteiger partial charge < -0.3 is 10.5 Å². The lowest BCUT2D eigenvalue weighted by Crippen LogP contribution is -2.04. The van der Waals surface area contributed by atoms with Crippen molar-refractivity contribution in [1.29, 1.82) is 0 Å². The van der Waals surface area contributed by atoms with E-state index in [9.17, 15) is 4.79 Å². The first-order valence-corrected chi connectivity index (χ1v) is 6.62. The van der Waals surface area contributed by atoms with Crippen LogP contribution in [0.25, 0.3) is 0 Å². The quantitative estimate of drug-likeness (QED) is 0.881. The Hall–Kier alpha value is -1.65. The molecule has 2 aromatic carbocycles. The molecule has 0 atom stereocenters. The van der Waals surface area contributed by atoms with Gasteiger partial charge in [-0.3, -0.25) is 4.79 Å². The predicted octanol–water partition coefficient (Wildman–Crippen LogP) is 3.15. The molecule has 0 aromatic heterocycles. The van der Waals surface area contributed by atoms with Crippen LogP contribution in [0.5, 0.6) is 5.75 Å². The Labute approximate surface area is 120 Å². The summed E-state index contributed by atoms with van der Waals surface area (Å²) >= 11 is 3.38. The molecule has 3 nitrogen and oxygen atoms in total. The largest absolute Gasteiger partial charge is 0.496 e. The molecule has 0 unspecified atom stereocenters. The second-order valence-corrected chi connectivity index (χ2v) is 4.94. The number of benzene rings is 2. The van der Waals surface area contributed by atoms with E-state index in [4.69, 9.17) is 10.5 Å². The molecule has 0 fully saturated rings. The minimum absolute atomic E-state index is 0.0290. The van der Waals surface area contributed by atoms with E-state index < -0.39 is 0 Å². The second-order valence-electron chi connectivity index (χ2n) is 4.08. The Bertz CT molecular complexity index is 611. The molecule has 0 bridgehead atoms. The Kier molecular flexibility index (Phi) is 4.35. The lowest BCUT2D eigenvalue weighted by Gasteiger charge is -2.07. The maximum atomic E-state index is 12.4. The molecule has 2 N–H and O–H groups in total. The highest BCUT2D eigenvalue weighted by Crippen LogP contribution is 2.26. The first-order chi connectivity index (χ1) is 9.15. The maximum absolute atomic E-state index is 12.4. The lowest BCUT2D eigenvalue weighted by molar-refractivity contribution is 0.103. The third-order valence-corrected chi connectivity index (χ3v) is 3.46. The summed E-state index contributed by atoms with van der Waals surface area (Å²) < 4.78 is 5.91. The van der Waals surface area contributed by atoms with E-state index in [0.29, 0.717) is 23.4 Å². The molecule has 0 radical (unpaired) electrons. The van der Waals surface area contributed by atoms with Crippen molar-refractivity contribution >= 4 is 21.7 Å². The maximum Gasteiger partial charge on any atom is 0.193 e. The standard InChI is InChI=1S/C15H14BrNO2/c1-19-14-6-5-12(8-13(14)16)15(18)11-4-2-3-10(7-11)9-17/h2-8H,9,17H2,1H3.